The molecular weight excluding hydrogens is 531 g/mol. The number of aryl methyl sites for hydroxylation is 3. The number of allylic oxidation sites excluding steroid dienone is 4. The molecule has 0 amide bonds. The van der Waals surface area contributed by atoms with Crippen molar-refractivity contribution in [1.29, 1.82) is 0 Å². The number of hydrogen-bond donors (Lipinski definition) is 0. The van der Waals surface area contributed by atoms with E-state index in [2.05, 4.69) is 139 Å². The number of halogens is 3. The molecule has 0 fully saturated rings. The third kappa shape index (κ3) is 5.67. The van der Waals surface area contributed by atoms with Gasteiger partial charge in [0, 0.05) is 0 Å². The topological polar surface area (TPSA) is 0 Å². The standard InChI is InChI=1S/C29H31Si.3ClH.Ti/c1-5-9-25-16-17-29(21-25)30(26-13-6-10-22(2)18-26,27-14-7-11-23(3)19-27)28-15-8-12-24(4)20-28;;;;/h6-8,10-21H,5,9H2,1-4H3;3*1H;/q;;;;+3/p-3. The summed E-state index contributed by atoms with van der Waals surface area (Å²) in [6.07, 6.45) is 9.83. The Bertz CT molecular complexity index is 1060. The van der Waals surface area contributed by atoms with E-state index in [1.165, 1.54) is 44.2 Å². The zero-order valence-corrected chi connectivity index (χ0v) is 25.0. The molecule has 176 valence electrons. The summed E-state index contributed by atoms with van der Waals surface area (Å²) in [5.74, 6) is 0. The van der Waals surface area contributed by atoms with Crippen LogP contribution in [0.25, 0.3) is 0 Å². The SMILES string of the molecule is CCCC1=C[C]([Ti+3])([Si](c2cccc(C)c2)(c2cccc(C)c2)c2cccc(C)c2)C=C1.[Cl-].[Cl-].[Cl-]. The molecule has 0 heterocycles. The molecule has 0 radical (unpaired) electrons. The molecule has 4 rings (SSSR count). The Morgan fingerprint density at radius 2 is 1.12 bits per heavy atom. The van der Waals surface area contributed by atoms with E-state index in [9.17, 15) is 0 Å². The molecule has 0 aliphatic heterocycles. The third-order valence-corrected chi connectivity index (χ3v) is 13.8. The maximum atomic E-state index is 2.59. The van der Waals surface area contributed by atoms with Crippen molar-refractivity contribution >= 4 is 23.6 Å². The maximum absolute atomic E-state index is 2.59. The summed E-state index contributed by atoms with van der Waals surface area (Å²) >= 11 is 2.48. The Morgan fingerprint density at radius 1 is 0.706 bits per heavy atom. The van der Waals surface area contributed by atoms with Gasteiger partial charge in [0.05, 0.1) is 0 Å². The molecule has 0 nitrogen and oxygen atoms in total. The number of hydrogen-bond acceptors (Lipinski definition) is 0. The molecule has 0 saturated heterocycles. The summed E-state index contributed by atoms with van der Waals surface area (Å²) in [7, 11) is -2.44. The van der Waals surface area contributed by atoms with Crippen LogP contribution in [0.3, 0.4) is 0 Å². The van der Waals surface area contributed by atoms with E-state index in [0.717, 1.165) is 6.42 Å². The molecule has 5 heteroatoms. The van der Waals surface area contributed by atoms with Crippen molar-refractivity contribution in [3.8, 4) is 0 Å². The summed E-state index contributed by atoms with van der Waals surface area (Å²) < 4.78 is -0.0348. The van der Waals surface area contributed by atoms with Gasteiger partial charge in [0.25, 0.3) is 0 Å². The summed E-state index contributed by atoms with van der Waals surface area (Å²) in [6, 6.07) is 27.9. The predicted molar refractivity (Wildman–Crippen MR) is 133 cm³/mol. The van der Waals surface area contributed by atoms with Crippen LogP contribution in [0.1, 0.15) is 36.5 Å². The van der Waals surface area contributed by atoms with Crippen LogP contribution in [0, 0.1) is 20.8 Å². The average Bonchev–Trinajstić information content (AvgIpc) is 3.11. The molecule has 1 unspecified atom stereocenters. The molecule has 1 aliphatic carbocycles. The minimum absolute atomic E-state index is 0. The molecule has 3 aromatic carbocycles. The first kappa shape index (κ1) is 31.0. The monoisotopic (exact) mass is 560 g/mol. The van der Waals surface area contributed by atoms with Gasteiger partial charge in [0.15, 0.2) is 0 Å². The molecule has 0 saturated carbocycles. The van der Waals surface area contributed by atoms with Crippen LogP contribution in [0.2, 0.25) is 3.34 Å². The fourth-order valence-electron chi connectivity index (χ4n) is 5.16. The predicted octanol–water partition coefficient (Wildman–Crippen LogP) is -3.36. The molecule has 0 spiro atoms. The Morgan fingerprint density at radius 3 is 1.47 bits per heavy atom. The number of rotatable bonds is 6. The van der Waals surface area contributed by atoms with E-state index in [1.54, 1.807) is 0 Å². The fourth-order valence-corrected chi connectivity index (χ4v) is 13.1. The Kier molecular flexibility index (Phi) is 11.6. The van der Waals surface area contributed by atoms with Crippen LogP contribution in [-0.2, 0) is 20.4 Å². The molecular formula is C29H31Cl3SiTi. The van der Waals surface area contributed by atoms with Crippen molar-refractivity contribution in [3.05, 3.63) is 113 Å². The van der Waals surface area contributed by atoms with E-state index >= 15 is 0 Å². The van der Waals surface area contributed by atoms with Crippen molar-refractivity contribution in [3.63, 3.8) is 0 Å². The smallest absolute Gasteiger partial charge is 1.00 e. The normalized spacial score (nSPS) is 16.7. The second-order valence-corrected chi connectivity index (χ2v) is 15.2. The summed E-state index contributed by atoms with van der Waals surface area (Å²) in [5.41, 5.74) is 5.48. The van der Waals surface area contributed by atoms with Crippen LogP contribution in [0.5, 0.6) is 0 Å². The van der Waals surface area contributed by atoms with Crippen LogP contribution in [0.15, 0.2) is 96.6 Å². The van der Waals surface area contributed by atoms with E-state index in [1.807, 2.05) is 0 Å². The van der Waals surface area contributed by atoms with E-state index < -0.39 is 8.07 Å². The van der Waals surface area contributed by atoms with Gasteiger partial charge >= 0.3 is 201 Å². The van der Waals surface area contributed by atoms with Crippen molar-refractivity contribution in [2.45, 2.75) is 43.9 Å². The van der Waals surface area contributed by atoms with Crippen molar-refractivity contribution in [2.24, 2.45) is 0 Å². The Hall–Kier alpha value is -1.06. The van der Waals surface area contributed by atoms with Gasteiger partial charge in [-0.3, -0.25) is 0 Å². The summed E-state index contributed by atoms with van der Waals surface area (Å²) in [5, 5.41) is 4.47. The van der Waals surface area contributed by atoms with Crippen LogP contribution >= 0.6 is 0 Å². The van der Waals surface area contributed by atoms with Crippen molar-refractivity contribution in [1.82, 2.24) is 0 Å². The van der Waals surface area contributed by atoms with Crippen LogP contribution in [-0.4, -0.2) is 8.07 Å². The average molecular weight is 562 g/mol. The molecule has 0 aromatic heterocycles. The quantitative estimate of drug-likeness (QED) is 0.218. The summed E-state index contributed by atoms with van der Waals surface area (Å²) in [4.78, 5) is 0. The van der Waals surface area contributed by atoms with Crippen molar-refractivity contribution in [2.75, 3.05) is 0 Å². The molecule has 3 aromatic rings. The van der Waals surface area contributed by atoms with Gasteiger partial charge in [0.2, 0.25) is 0 Å². The van der Waals surface area contributed by atoms with E-state index in [0.29, 0.717) is 0 Å². The van der Waals surface area contributed by atoms with Crippen LogP contribution in [0.4, 0.5) is 0 Å². The van der Waals surface area contributed by atoms with Gasteiger partial charge in [0.1, 0.15) is 0 Å². The maximum Gasteiger partial charge on any atom is -1.00 e. The van der Waals surface area contributed by atoms with Gasteiger partial charge in [-0.2, -0.15) is 0 Å². The fraction of sp³-hybridized carbons (Fsp3) is 0.241. The van der Waals surface area contributed by atoms with Crippen molar-refractivity contribution < 1.29 is 57.7 Å². The minimum Gasteiger partial charge on any atom is -1.00 e. The second kappa shape index (κ2) is 12.8. The van der Waals surface area contributed by atoms with Crippen LogP contribution < -0.4 is 52.8 Å². The Balaban J connectivity index is 0.00000193. The Labute approximate surface area is 237 Å². The summed E-state index contributed by atoms with van der Waals surface area (Å²) in [6.45, 7) is 8.94. The second-order valence-electron chi connectivity index (χ2n) is 9.03. The van der Waals surface area contributed by atoms with Gasteiger partial charge in [-0.25, -0.2) is 0 Å². The first-order valence-electron chi connectivity index (χ1n) is 11.3. The molecule has 1 atom stereocenters. The molecule has 0 bridgehead atoms. The van der Waals surface area contributed by atoms with Gasteiger partial charge in [-0.05, 0) is 0 Å². The van der Waals surface area contributed by atoms with E-state index in [-0.39, 0.29) is 40.6 Å². The molecule has 0 N–H and O–H groups in total. The van der Waals surface area contributed by atoms with Gasteiger partial charge in [-0.15, -0.1) is 0 Å². The van der Waals surface area contributed by atoms with E-state index in [4.69, 9.17) is 0 Å². The minimum atomic E-state index is -2.44. The third-order valence-electron chi connectivity index (χ3n) is 6.49. The zero-order valence-electron chi connectivity index (χ0n) is 20.2. The zero-order chi connectivity index (χ0) is 22.1. The first-order chi connectivity index (χ1) is 14.9. The van der Waals surface area contributed by atoms with Gasteiger partial charge < -0.3 is 37.2 Å². The molecule has 34 heavy (non-hydrogen) atoms. The molecule has 1 aliphatic rings. The number of benzene rings is 3. The first-order valence-corrected chi connectivity index (χ1v) is 14.0. The van der Waals surface area contributed by atoms with Gasteiger partial charge in [-0.1, -0.05) is 0 Å². The largest absolute Gasteiger partial charge is 1.00 e.